The summed E-state index contributed by atoms with van der Waals surface area (Å²) in [5, 5.41) is 2.93. The van der Waals surface area contributed by atoms with Crippen LogP contribution in [0, 0.1) is 0 Å². The number of anilines is 2. The molecule has 0 aliphatic carbocycles. The SMILES string of the molecule is CC(=O)N(CCC(=O)NC(C)(C)C)c1ccc(N2CCN(C)CC2)cc1. The van der Waals surface area contributed by atoms with E-state index >= 15 is 0 Å². The molecule has 1 aliphatic rings. The lowest BCUT2D eigenvalue weighted by Crippen LogP contribution is -2.44. The highest BCUT2D eigenvalue weighted by molar-refractivity contribution is 5.92. The van der Waals surface area contributed by atoms with Crippen molar-refractivity contribution in [3.63, 3.8) is 0 Å². The third kappa shape index (κ3) is 6.02. The molecule has 0 spiro atoms. The molecule has 1 saturated heterocycles. The van der Waals surface area contributed by atoms with Crippen molar-refractivity contribution >= 4 is 23.2 Å². The number of amides is 2. The van der Waals surface area contributed by atoms with Gasteiger partial charge in [-0.2, -0.15) is 0 Å². The molecular formula is C20H32N4O2. The Labute approximate surface area is 157 Å². The maximum Gasteiger partial charge on any atom is 0.223 e. The number of carbonyl (C=O) groups excluding carboxylic acids is 2. The molecule has 0 aromatic heterocycles. The van der Waals surface area contributed by atoms with E-state index in [1.54, 1.807) is 4.90 Å². The fraction of sp³-hybridized carbons (Fsp3) is 0.600. The van der Waals surface area contributed by atoms with E-state index in [0.29, 0.717) is 6.54 Å². The first-order valence-corrected chi connectivity index (χ1v) is 9.28. The fourth-order valence-electron chi connectivity index (χ4n) is 3.07. The van der Waals surface area contributed by atoms with Gasteiger partial charge in [-0.1, -0.05) is 0 Å². The molecule has 1 N–H and O–H groups in total. The van der Waals surface area contributed by atoms with Gasteiger partial charge in [-0.25, -0.2) is 0 Å². The van der Waals surface area contributed by atoms with Crippen LogP contribution in [0.3, 0.4) is 0 Å². The number of hydrogen-bond donors (Lipinski definition) is 1. The molecule has 0 bridgehead atoms. The van der Waals surface area contributed by atoms with Crippen LogP contribution in [-0.2, 0) is 9.59 Å². The maximum atomic E-state index is 12.0. The van der Waals surface area contributed by atoms with Gasteiger partial charge in [0.25, 0.3) is 0 Å². The van der Waals surface area contributed by atoms with Crippen molar-refractivity contribution in [3.8, 4) is 0 Å². The number of likely N-dealkylation sites (N-methyl/N-ethyl adjacent to an activating group) is 1. The zero-order chi connectivity index (χ0) is 19.3. The Kier molecular flexibility index (Phi) is 6.64. The van der Waals surface area contributed by atoms with Gasteiger partial charge in [0.1, 0.15) is 0 Å². The lowest BCUT2D eigenvalue weighted by molar-refractivity contribution is -0.122. The van der Waals surface area contributed by atoms with Gasteiger partial charge in [-0.05, 0) is 52.1 Å². The number of benzene rings is 1. The molecule has 1 heterocycles. The molecule has 1 aromatic rings. The second-order valence-electron chi connectivity index (χ2n) is 8.03. The normalized spacial score (nSPS) is 15.7. The Morgan fingerprint density at radius 2 is 1.65 bits per heavy atom. The van der Waals surface area contributed by atoms with Gasteiger partial charge in [-0.3, -0.25) is 9.59 Å². The summed E-state index contributed by atoms with van der Waals surface area (Å²) < 4.78 is 0. The molecule has 2 rings (SSSR count). The molecule has 1 fully saturated rings. The van der Waals surface area contributed by atoms with Crippen LogP contribution in [0.1, 0.15) is 34.1 Å². The van der Waals surface area contributed by atoms with E-state index in [4.69, 9.17) is 0 Å². The van der Waals surface area contributed by atoms with Gasteiger partial charge in [0.05, 0.1) is 0 Å². The van der Waals surface area contributed by atoms with Gasteiger partial charge in [0, 0.05) is 63.0 Å². The number of piperazine rings is 1. The first kappa shape index (κ1) is 20.2. The molecule has 0 atom stereocenters. The monoisotopic (exact) mass is 360 g/mol. The standard InChI is InChI=1S/C20H32N4O2/c1-16(25)24(11-10-19(26)21-20(2,3)4)18-8-6-17(7-9-18)23-14-12-22(5)13-15-23/h6-9H,10-15H2,1-5H3,(H,21,26). The van der Waals surface area contributed by atoms with Crippen LogP contribution >= 0.6 is 0 Å². The van der Waals surface area contributed by atoms with Crippen LogP contribution in [0.25, 0.3) is 0 Å². The molecule has 0 radical (unpaired) electrons. The second kappa shape index (κ2) is 8.54. The summed E-state index contributed by atoms with van der Waals surface area (Å²) in [7, 11) is 2.14. The average molecular weight is 361 g/mol. The first-order valence-electron chi connectivity index (χ1n) is 9.28. The van der Waals surface area contributed by atoms with Crippen molar-refractivity contribution in [2.24, 2.45) is 0 Å². The molecule has 6 nitrogen and oxygen atoms in total. The molecule has 2 amide bonds. The Hall–Kier alpha value is -2.08. The van der Waals surface area contributed by atoms with Crippen molar-refractivity contribution < 1.29 is 9.59 Å². The summed E-state index contributed by atoms with van der Waals surface area (Å²) in [6.45, 7) is 11.9. The minimum Gasteiger partial charge on any atom is -0.369 e. The van der Waals surface area contributed by atoms with E-state index in [1.807, 2.05) is 32.9 Å². The van der Waals surface area contributed by atoms with E-state index < -0.39 is 0 Å². The molecule has 0 unspecified atom stereocenters. The molecule has 6 heteroatoms. The van der Waals surface area contributed by atoms with E-state index in [0.717, 1.165) is 31.9 Å². The molecule has 26 heavy (non-hydrogen) atoms. The Bertz CT molecular complexity index is 614. The zero-order valence-corrected chi connectivity index (χ0v) is 16.7. The van der Waals surface area contributed by atoms with Crippen molar-refractivity contribution in [1.29, 1.82) is 0 Å². The van der Waals surface area contributed by atoms with Gasteiger partial charge < -0.3 is 20.0 Å². The molecule has 1 aromatic carbocycles. The smallest absolute Gasteiger partial charge is 0.223 e. The highest BCUT2D eigenvalue weighted by Gasteiger charge is 2.18. The quantitative estimate of drug-likeness (QED) is 0.874. The van der Waals surface area contributed by atoms with Crippen molar-refractivity contribution in [1.82, 2.24) is 10.2 Å². The van der Waals surface area contributed by atoms with Crippen molar-refractivity contribution in [2.75, 3.05) is 49.6 Å². The predicted octanol–water partition coefficient (Wildman–Crippen LogP) is 2.10. The summed E-state index contributed by atoms with van der Waals surface area (Å²) in [4.78, 5) is 30.4. The molecule has 0 saturated carbocycles. The zero-order valence-electron chi connectivity index (χ0n) is 16.7. The summed E-state index contributed by atoms with van der Waals surface area (Å²) in [6, 6.07) is 8.06. The van der Waals surface area contributed by atoms with Crippen molar-refractivity contribution in [3.05, 3.63) is 24.3 Å². The summed E-state index contributed by atoms with van der Waals surface area (Å²) in [6.07, 6.45) is 0.289. The Morgan fingerprint density at radius 1 is 1.08 bits per heavy atom. The van der Waals surface area contributed by atoms with Crippen LogP contribution in [0.2, 0.25) is 0 Å². The molecular weight excluding hydrogens is 328 g/mol. The largest absolute Gasteiger partial charge is 0.369 e. The molecule has 144 valence electrons. The average Bonchev–Trinajstić information content (AvgIpc) is 2.54. The lowest BCUT2D eigenvalue weighted by Gasteiger charge is -2.34. The van der Waals surface area contributed by atoms with E-state index in [1.165, 1.54) is 12.6 Å². The van der Waals surface area contributed by atoms with Crippen LogP contribution in [-0.4, -0.2) is 62.0 Å². The number of hydrogen-bond acceptors (Lipinski definition) is 4. The summed E-state index contributed by atoms with van der Waals surface area (Å²) in [5.74, 6) is -0.0984. The minimum absolute atomic E-state index is 0.0437. The number of nitrogens with zero attached hydrogens (tertiary/aromatic N) is 3. The third-order valence-electron chi connectivity index (χ3n) is 4.49. The summed E-state index contributed by atoms with van der Waals surface area (Å²) in [5.41, 5.74) is 1.75. The maximum absolute atomic E-state index is 12.0. The summed E-state index contributed by atoms with van der Waals surface area (Å²) >= 11 is 0. The number of rotatable bonds is 5. The Morgan fingerprint density at radius 3 is 2.15 bits per heavy atom. The van der Waals surface area contributed by atoms with Gasteiger partial charge in [-0.15, -0.1) is 0 Å². The van der Waals surface area contributed by atoms with Crippen LogP contribution in [0.5, 0.6) is 0 Å². The first-order chi connectivity index (χ1) is 12.2. The van der Waals surface area contributed by atoms with E-state index in [-0.39, 0.29) is 23.8 Å². The molecule has 1 aliphatic heterocycles. The van der Waals surface area contributed by atoms with Gasteiger partial charge in [0.15, 0.2) is 0 Å². The van der Waals surface area contributed by atoms with Gasteiger partial charge >= 0.3 is 0 Å². The third-order valence-corrected chi connectivity index (χ3v) is 4.49. The van der Waals surface area contributed by atoms with Crippen LogP contribution < -0.4 is 15.1 Å². The van der Waals surface area contributed by atoms with Crippen molar-refractivity contribution in [2.45, 2.75) is 39.7 Å². The van der Waals surface area contributed by atoms with E-state index in [2.05, 4.69) is 34.3 Å². The Balaban J connectivity index is 1.99. The predicted molar refractivity (Wildman–Crippen MR) is 107 cm³/mol. The highest BCUT2D eigenvalue weighted by Crippen LogP contribution is 2.22. The van der Waals surface area contributed by atoms with Crippen LogP contribution in [0.15, 0.2) is 24.3 Å². The topological polar surface area (TPSA) is 55.9 Å². The lowest BCUT2D eigenvalue weighted by atomic mass is 10.1. The number of carbonyl (C=O) groups is 2. The van der Waals surface area contributed by atoms with Crippen LogP contribution in [0.4, 0.5) is 11.4 Å². The minimum atomic E-state index is -0.262. The number of nitrogens with one attached hydrogen (secondary N) is 1. The second-order valence-corrected chi connectivity index (χ2v) is 8.03. The fourth-order valence-corrected chi connectivity index (χ4v) is 3.07. The van der Waals surface area contributed by atoms with E-state index in [9.17, 15) is 9.59 Å². The highest BCUT2D eigenvalue weighted by atomic mass is 16.2. The van der Waals surface area contributed by atoms with Gasteiger partial charge in [0.2, 0.25) is 11.8 Å².